The first-order valence-electron chi connectivity index (χ1n) is 4.00. The summed E-state index contributed by atoms with van der Waals surface area (Å²) in [4.78, 5) is 0. The molecule has 78 valence electrons. The van der Waals surface area contributed by atoms with E-state index >= 15 is 0 Å². The number of halogens is 3. The normalized spacial score (nSPS) is 10.9. The molecule has 2 nitrogen and oxygen atoms in total. The SMILES string of the molecule is Oc1ccc(O)c2c(F)c(F)cc(Br)c12. The number of aromatic hydroxyl groups is 2. The Labute approximate surface area is 91.9 Å². The van der Waals surface area contributed by atoms with Gasteiger partial charge in [0.25, 0.3) is 0 Å². The molecule has 0 spiro atoms. The maximum atomic E-state index is 13.4. The number of phenolic OH excluding ortho intramolecular Hbond substituents is 2. The van der Waals surface area contributed by atoms with E-state index in [1.54, 1.807) is 0 Å². The molecule has 0 atom stereocenters. The fourth-order valence-electron chi connectivity index (χ4n) is 1.41. The molecule has 0 fully saturated rings. The Morgan fingerprint density at radius 3 is 2.13 bits per heavy atom. The number of hydrogen-bond acceptors (Lipinski definition) is 2. The van der Waals surface area contributed by atoms with E-state index in [1.807, 2.05) is 0 Å². The molecule has 0 aliphatic carbocycles. The number of hydrogen-bond donors (Lipinski definition) is 2. The van der Waals surface area contributed by atoms with Gasteiger partial charge in [0.2, 0.25) is 0 Å². The Kier molecular flexibility index (Phi) is 2.26. The highest BCUT2D eigenvalue weighted by atomic mass is 79.9. The molecule has 0 saturated heterocycles. The van der Waals surface area contributed by atoms with Gasteiger partial charge in [-0.15, -0.1) is 0 Å². The Bertz CT molecular complexity index is 555. The van der Waals surface area contributed by atoms with E-state index in [9.17, 15) is 19.0 Å². The van der Waals surface area contributed by atoms with E-state index in [0.29, 0.717) is 0 Å². The molecule has 15 heavy (non-hydrogen) atoms. The molecular formula is C10H5BrF2O2. The van der Waals surface area contributed by atoms with Gasteiger partial charge in [-0.25, -0.2) is 8.78 Å². The van der Waals surface area contributed by atoms with Crippen molar-refractivity contribution >= 4 is 26.7 Å². The van der Waals surface area contributed by atoms with E-state index in [1.165, 1.54) is 6.07 Å². The molecule has 2 N–H and O–H groups in total. The molecule has 0 radical (unpaired) electrons. The fraction of sp³-hybridized carbons (Fsp3) is 0. The van der Waals surface area contributed by atoms with Crippen molar-refractivity contribution in [2.45, 2.75) is 0 Å². The van der Waals surface area contributed by atoms with Crippen molar-refractivity contribution in [2.75, 3.05) is 0 Å². The van der Waals surface area contributed by atoms with Gasteiger partial charge in [0, 0.05) is 9.86 Å². The Morgan fingerprint density at radius 2 is 1.53 bits per heavy atom. The third-order valence-electron chi connectivity index (χ3n) is 2.08. The molecule has 0 aliphatic heterocycles. The molecule has 0 aliphatic rings. The topological polar surface area (TPSA) is 40.5 Å². The third-order valence-corrected chi connectivity index (χ3v) is 2.71. The molecule has 2 aromatic rings. The van der Waals surface area contributed by atoms with E-state index in [4.69, 9.17) is 0 Å². The van der Waals surface area contributed by atoms with Crippen LogP contribution in [0.3, 0.4) is 0 Å². The molecule has 0 aromatic heterocycles. The summed E-state index contributed by atoms with van der Waals surface area (Å²) >= 11 is 2.99. The summed E-state index contributed by atoms with van der Waals surface area (Å²) < 4.78 is 26.6. The van der Waals surface area contributed by atoms with Crippen LogP contribution in [0.2, 0.25) is 0 Å². The van der Waals surface area contributed by atoms with Gasteiger partial charge in [-0.3, -0.25) is 0 Å². The molecule has 0 amide bonds. The first-order valence-corrected chi connectivity index (χ1v) is 4.80. The van der Waals surface area contributed by atoms with Gasteiger partial charge in [-0.05, 0) is 34.1 Å². The second-order valence-corrected chi connectivity index (χ2v) is 3.86. The van der Waals surface area contributed by atoms with Crippen molar-refractivity contribution in [1.29, 1.82) is 0 Å². The first-order chi connectivity index (χ1) is 7.02. The van der Waals surface area contributed by atoms with Crippen molar-refractivity contribution in [3.63, 3.8) is 0 Å². The minimum absolute atomic E-state index is 0.0499. The van der Waals surface area contributed by atoms with E-state index in [2.05, 4.69) is 15.9 Å². The highest BCUT2D eigenvalue weighted by molar-refractivity contribution is 9.10. The van der Waals surface area contributed by atoms with Crippen molar-refractivity contribution in [2.24, 2.45) is 0 Å². The molecule has 0 heterocycles. The smallest absolute Gasteiger partial charge is 0.170 e. The summed E-state index contributed by atoms with van der Waals surface area (Å²) in [5, 5.41) is 18.6. The van der Waals surface area contributed by atoms with E-state index in [-0.39, 0.29) is 21.0 Å². The van der Waals surface area contributed by atoms with Gasteiger partial charge in [-0.1, -0.05) is 0 Å². The summed E-state index contributed by atoms with van der Waals surface area (Å²) in [7, 11) is 0. The van der Waals surface area contributed by atoms with Crippen LogP contribution in [0.5, 0.6) is 11.5 Å². The van der Waals surface area contributed by atoms with Crippen molar-refractivity contribution in [1.82, 2.24) is 0 Å². The van der Waals surface area contributed by atoms with Crippen LogP contribution in [-0.4, -0.2) is 10.2 Å². The third kappa shape index (κ3) is 1.43. The molecule has 5 heteroatoms. The van der Waals surface area contributed by atoms with Crippen LogP contribution in [0, 0.1) is 11.6 Å². The predicted octanol–water partition coefficient (Wildman–Crippen LogP) is 3.29. The van der Waals surface area contributed by atoms with Crippen LogP contribution in [0.25, 0.3) is 10.8 Å². The molecule has 0 unspecified atom stereocenters. The lowest BCUT2D eigenvalue weighted by Gasteiger charge is -2.07. The average Bonchev–Trinajstić information content (AvgIpc) is 2.18. The minimum Gasteiger partial charge on any atom is -0.507 e. The zero-order valence-corrected chi connectivity index (χ0v) is 8.85. The van der Waals surface area contributed by atoms with Gasteiger partial charge in [-0.2, -0.15) is 0 Å². The summed E-state index contributed by atoms with van der Waals surface area (Å²) in [6, 6.07) is 3.21. The van der Waals surface area contributed by atoms with Gasteiger partial charge in [0.1, 0.15) is 11.5 Å². The Hall–Kier alpha value is -1.36. The van der Waals surface area contributed by atoms with Crippen molar-refractivity contribution < 1.29 is 19.0 Å². The average molecular weight is 275 g/mol. The van der Waals surface area contributed by atoms with Crippen LogP contribution in [0.1, 0.15) is 0 Å². The molecular weight excluding hydrogens is 270 g/mol. The van der Waals surface area contributed by atoms with Crippen molar-refractivity contribution in [3.8, 4) is 11.5 Å². The maximum absolute atomic E-state index is 13.4. The summed E-state index contributed by atoms with van der Waals surface area (Å²) in [6.45, 7) is 0. The molecule has 0 saturated carbocycles. The molecule has 2 aromatic carbocycles. The second-order valence-electron chi connectivity index (χ2n) is 3.01. The van der Waals surface area contributed by atoms with Gasteiger partial charge < -0.3 is 10.2 Å². The monoisotopic (exact) mass is 274 g/mol. The van der Waals surface area contributed by atoms with Gasteiger partial charge in [0.15, 0.2) is 11.6 Å². The van der Waals surface area contributed by atoms with E-state index in [0.717, 1.165) is 12.1 Å². The highest BCUT2D eigenvalue weighted by Gasteiger charge is 2.16. The lowest BCUT2D eigenvalue weighted by molar-refractivity contribution is 0.462. The standard InChI is InChI=1S/C10H5BrF2O2/c11-4-3-5(12)10(13)9-7(15)2-1-6(14)8(4)9/h1-3,14-15H. The predicted molar refractivity (Wildman–Crippen MR) is 54.9 cm³/mol. The van der Waals surface area contributed by atoms with Crippen LogP contribution >= 0.6 is 15.9 Å². The van der Waals surface area contributed by atoms with Crippen LogP contribution in [-0.2, 0) is 0 Å². The number of benzene rings is 2. The molecule has 2 rings (SSSR count). The Balaban J connectivity index is 3.08. The van der Waals surface area contributed by atoms with Crippen molar-refractivity contribution in [3.05, 3.63) is 34.3 Å². The Morgan fingerprint density at radius 1 is 1.00 bits per heavy atom. The zero-order valence-electron chi connectivity index (χ0n) is 7.26. The maximum Gasteiger partial charge on any atom is 0.170 e. The minimum atomic E-state index is -1.18. The summed E-state index contributed by atoms with van der Waals surface area (Å²) in [5.41, 5.74) is 0. The van der Waals surface area contributed by atoms with Crippen LogP contribution in [0.15, 0.2) is 22.7 Å². The zero-order chi connectivity index (χ0) is 11.2. The highest BCUT2D eigenvalue weighted by Crippen LogP contribution is 2.39. The lowest BCUT2D eigenvalue weighted by atomic mass is 10.1. The number of rotatable bonds is 0. The number of fused-ring (bicyclic) bond motifs is 1. The fourth-order valence-corrected chi connectivity index (χ4v) is 2.01. The second kappa shape index (κ2) is 3.34. The molecule has 0 bridgehead atoms. The van der Waals surface area contributed by atoms with E-state index < -0.39 is 17.4 Å². The first kappa shape index (κ1) is 10.2. The quantitative estimate of drug-likeness (QED) is 0.572. The van der Waals surface area contributed by atoms with Gasteiger partial charge in [0.05, 0.1) is 5.39 Å². The number of phenols is 2. The summed E-state index contributed by atoms with van der Waals surface area (Å²) in [6.07, 6.45) is 0. The largest absolute Gasteiger partial charge is 0.507 e. The van der Waals surface area contributed by atoms with Gasteiger partial charge >= 0.3 is 0 Å². The lowest BCUT2D eigenvalue weighted by Crippen LogP contribution is -1.88. The van der Waals surface area contributed by atoms with Crippen LogP contribution in [0.4, 0.5) is 8.78 Å². The van der Waals surface area contributed by atoms with Crippen LogP contribution < -0.4 is 0 Å². The summed E-state index contributed by atoms with van der Waals surface area (Å²) in [5.74, 6) is -2.91.